The monoisotopic (exact) mass is 296 g/mol. The third-order valence-electron chi connectivity index (χ3n) is 2.42. The summed E-state index contributed by atoms with van der Waals surface area (Å²) in [5, 5.41) is 4.91. The molecule has 7 heteroatoms. The number of amides is 2. The first kappa shape index (κ1) is 14.7. The van der Waals surface area contributed by atoms with Crippen LogP contribution in [0.5, 0.6) is 5.75 Å². The van der Waals surface area contributed by atoms with Crippen LogP contribution >= 0.6 is 0 Å². The molecule has 0 atom stereocenters. The highest BCUT2D eigenvalue weighted by molar-refractivity contribution is 5.99. The molecular formula is C14H11F3N2O2. The summed E-state index contributed by atoms with van der Waals surface area (Å²) < 4.78 is 41.1. The molecule has 0 heterocycles. The van der Waals surface area contributed by atoms with E-state index in [0.29, 0.717) is 11.4 Å². The zero-order valence-corrected chi connectivity index (χ0v) is 10.6. The van der Waals surface area contributed by atoms with Crippen LogP contribution in [0.1, 0.15) is 0 Å². The maximum Gasteiger partial charge on any atom is 0.387 e. The van der Waals surface area contributed by atoms with Crippen LogP contribution in [0.15, 0.2) is 48.5 Å². The number of rotatable bonds is 4. The Bertz CT molecular complexity index is 618. The molecule has 2 N–H and O–H groups in total. The molecule has 0 aliphatic carbocycles. The number of urea groups is 1. The lowest BCUT2D eigenvalue weighted by Gasteiger charge is -2.09. The molecule has 0 saturated heterocycles. The number of alkyl halides is 2. The number of ether oxygens (including phenoxy) is 1. The van der Waals surface area contributed by atoms with Crippen molar-refractivity contribution in [3.05, 3.63) is 54.3 Å². The Morgan fingerprint density at radius 3 is 2.29 bits per heavy atom. The van der Waals surface area contributed by atoms with Crippen LogP contribution < -0.4 is 15.4 Å². The van der Waals surface area contributed by atoms with Crippen molar-refractivity contribution < 1.29 is 22.7 Å². The van der Waals surface area contributed by atoms with Crippen LogP contribution in [0.2, 0.25) is 0 Å². The Balaban J connectivity index is 1.93. The minimum Gasteiger partial charge on any atom is -0.435 e. The Morgan fingerprint density at radius 1 is 1.00 bits per heavy atom. The smallest absolute Gasteiger partial charge is 0.387 e. The van der Waals surface area contributed by atoms with Gasteiger partial charge in [0.1, 0.15) is 11.6 Å². The molecular weight excluding hydrogens is 285 g/mol. The van der Waals surface area contributed by atoms with E-state index in [-0.39, 0.29) is 5.75 Å². The molecule has 110 valence electrons. The molecule has 4 nitrogen and oxygen atoms in total. The SMILES string of the molecule is O=C(Nc1ccc(OC(F)F)cc1)Nc1cccc(F)c1. The van der Waals surface area contributed by atoms with Crippen molar-refractivity contribution in [1.82, 2.24) is 0 Å². The number of halogens is 3. The summed E-state index contributed by atoms with van der Waals surface area (Å²) >= 11 is 0. The number of carbonyl (C=O) groups excluding carboxylic acids is 1. The zero-order chi connectivity index (χ0) is 15.2. The molecule has 0 aromatic heterocycles. The maximum atomic E-state index is 12.9. The van der Waals surface area contributed by atoms with Crippen LogP contribution in [0, 0.1) is 5.82 Å². The van der Waals surface area contributed by atoms with Gasteiger partial charge in [-0.1, -0.05) is 6.07 Å². The fourth-order valence-electron chi connectivity index (χ4n) is 1.58. The van der Waals surface area contributed by atoms with Crippen molar-refractivity contribution in [2.24, 2.45) is 0 Å². The second-order valence-corrected chi connectivity index (χ2v) is 3.99. The summed E-state index contributed by atoms with van der Waals surface area (Å²) in [6, 6.07) is 10.2. The summed E-state index contributed by atoms with van der Waals surface area (Å²) in [6.45, 7) is -2.90. The normalized spacial score (nSPS) is 10.3. The van der Waals surface area contributed by atoms with Crippen LogP contribution in [0.3, 0.4) is 0 Å². The zero-order valence-electron chi connectivity index (χ0n) is 10.6. The van der Waals surface area contributed by atoms with Gasteiger partial charge in [-0.05, 0) is 42.5 Å². The number of benzene rings is 2. The fourth-order valence-corrected chi connectivity index (χ4v) is 1.58. The van der Waals surface area contributed by atoms with E-state index < -0.39 is 18.5 Å². The Labute approximate surface area is 118 Å². The summed E-state index contributed by atoms with van der Waals surface area (Å²) in [7, 11) is 0. The lowest BCUT2D eigenvalue weighted by Crippen LogP contribution is -2.19. The van der Waals surface area contributed by atoms with Gasteiger partial charge in [0.05, 0.1) is 0 Å². The van der Waals surface area contributed by atoms with Crippen molar-refractivity contribution in [3.8, 4) is 5.75 Å². The van der Waals surface area contributed by atoms with Gasteiger partial charge in [0.25, 0.3) is 0 Å². The van der Waals surface area contributed by atoms with Gasteiger partial charge in [0, 0.05) is 11.4 Å². The van der Waals surface area contributed by atoms with Gasteiger partial charge < -0.3 is 15.4 Å². The van der Waals surface area contributed by atoms with E-state index >= 15 is 0 Å². The van der Waals surface area contributed by atoms with E-state index in [4.69, 9.17) is 0 Å². The maximum absolute atomic E-state index is 12.9. The van der Waals surface area contributed by atoms with Crippen molar-refractivity contribution in [2.45, 2.75) is 6.61 Å². The second-order valence-electron chi connectivity index (χ2n) is 3.99. The first-order chi connectivity index (χ1) is 10.0. The lowest BCUT2D eigenvalue weighted by molar-refractivity contribution is -0.0498. The van der Waals surface area contributed by atoms with E-state index in [1.807, 2.05) is 0 Å². The number of carbonyl (C=O) groups is 1. The number of nitrogens with one attached hydrogen (secondary N) is 2. The number of hydrogen-bond acceptors (Lipinski definition) is 2. The summed E-state index contributed by atoms with van der Waals surface area (Å²) in [5.41, 5.74) is 0.677. The number of anilines is 2. The van der Waals surface area contributed by atoms with Gasteiger partial charge >= 0.3 is 12.6 Å². The molecule has 0 fully saturated rings. The second kappa shape index (κ2) is 6.65. The predicted molar refractivity (Wildman–Crippen MR) is 72.1 cm³/mol. The molecule has 21 heavy (non-hydrogen) atoms. The van der Waals surface area contributed by atoms with Crippen molar-refractivity contribution in [3.63, 3.8) is 0 Å². The Kier molecular flexibility index (Phi) is 4.65. The predicted octanol–water partition coefficient (Wildman–Crippen LogP) is 4.07. The van der Waals surface area contributed by atoms with Gasteiger partial charge in [0.2, 0.25) is 0 Å². The average Bonchev–Trinajstić information content (AvgIpc) is 2.40. The molecule has 2 aromatic rings. The largest absolute Gasteiger partial charge is 0.435 e. The van der Waals surface area contributed by atoms with Gasteiger partial charge in [-0.15, -0.1) is 0 Å². The van der Waals surface area contributed by atoms with E-state index in [0.717, 1.165) is 0 Å². The summed E-state index contributed by atoms with van der Waals surface area (Å²) in [5.74, 6) is -0.484. The first-order valence-corrected chi connectivity index (χ1v) is 5.91. The quantitative estimate of drug-likeness (QED) is 0.893. The minimum atomic E-state index is -2.90. The van der Waals surface area contributed by atoms with E-state index in [9.17, 15) is 18.0 Å². The van der Waals surface area contributed by atoms with Gasteiger partial charge in [-0.3, -0.25) is 0 Å². The molecule has 2 aromatic carbocycles. The van der Waals surface area contributed by atoms with E-state index in [2.05, 4.69) is 15.4 Å². The van der Waals surface area contributed by atoms with E-state index in [1.54, 1.807) is 0 Å². The first-order valence-electron chi connectivity index (χ1n) is 5.91. The van der Waals surface area contributed by atoms with Crippen LogP contribution in [-0.2, 0) is 0 Å². The molecule has 0 aliphatic rings. The van der Waals surface area contributed by atoms with Crippen molar-refractivity contribution in [1.29, 1.82) is 0 Å². The minimum absolute atomic E-state index is 0.0129. The Hall–Kier alpha value is -2.70. The molecule has 2 rings (SSSR count). The van der Waals surface area contributed by atoms with Gasteiger partial charge in [-0.25, -0.2) is 9.18 Å². The molecule has 0 spiro atoms. The Morgan fingerprint density at radius 2 is 1.67 bits per heavy atom. The van der Waals surface area contributed by atoms with E-state index in [1.165, 1.54) is 48.5 Å². The summed E-state index contributed by atoms with van der Waals surface area (Å²) in [4.78, 5) is 11.7. The van der Waals surface area contributed by atoms with Crippen LogP contribution in [0.25, 0.3) is 0 Å². The van der Waals surface area contributed by atoms with Crippen molar-refractivity contribution >= 4 is 17.4 Å². The van der Waals surface area contributed by atoms with Gasteiger partial charge in [0.15, 0.2) is 0 Å². The fraction of sp³-hybridized carbons (Fsp3) is 0.0714. The highest BCUT2D eigenvalue weighted by Crippen LogP contribution is 2.18. The van der Waals surface area contributed by atoms with Crippen molar-refractivity contribution in [2.75, 3.05) is 10.6 Å². The third-order valence-corrected chi connectivity index (χ3v) is 2.42. The van der Waals surface area contributed by atoms with Gasteiger partial charge in [-0.2, -0.15) is 8.78 Å². The van der Waals surface area contributed by atoms with Crippen LogP contribution in [0.4, 0.5) is 29.3 Å². The molecule has 0 bridgehead atoms. The highest BCUT2D eigenvalue weighted by atomic mass is 19.3. The number of hydrogen-bond donors (Lipinski definition) is 2. The standard InChI is InChI=1S/C14H11F3N2O2/c15-9-2-1-3-11(8-9)19-14(20)18-10-4-6-12(7-5-10)21-13(16)17/h1-8,13H,(H2,18,19,20). The van der Waals surface area contributed by atoms with Crippen LogP contribution in [-0.4, -0.2) is 12.6 Å². The summed E-state index contributed by atoms with van der Waals surface area (Å²) in [6.07, 6.45) is 0. The topological polar surface area (TPSA) is 50.4 Å². The lowest BCUT2D eigenvalue weighted by atomic mass is 10.3. The molecule has 0 unspecified atom stereocenters. The average molecular weight is 296 g/mol. The highest BCUT2D eigenvalue weighted by Gasteiger charge is 2.06. The molecule has 0 saturated carbocycles. The molecule has 2 amide bonds. The molecule has 0 radical (unpaired) electrons. The third kappa shape index (κ3) is 4.72. The molecule has 0 aliphatic heterocycles.